The van der Waals surface area contributed by atoms with Crippen LogP contribution < -0.4 is 4.74 Å². The summed E-state index contributed by atoms with van der Waals surface area (Å²) in [5.41, 5.74) is 1.14. The number of nitrogens with zero attached hydrogens (tertiary/aromatic N) is 1. The third-order valence-corrected chi connectivity index (χ3v) is 3.93. The molecule has 5 heteroatoms. The first-order valence-electron chi connectivity index (χ1n) is 7.89. The number of benzene rings is 1. The maximum Gasteiger partial charge on any atom is 0.138 e. The fraction of sp³-hybridized carbons (Fsp3) is 0.647. The molecule has 1 aromatic rings. The normalized spacial score (nSPS) is 22.7. The van der Waals surface area contributed by atoms with Crippen LogP contribution in [0.1, 0.15) is 19.4 Å². The van der Waals surface area contributed by atoms with E-state index in [1.54, 1.807) is 0 Å². The molecule has 1 saturated heterocycles. The molecule has 0 aliphatic carbocycles. The van der Waals surface area contributed by atoms with Gasteiger partial charge in [0.15, 0.2) is 0 Å². The lowest BCUT2D eigenvalue weighted by Crippen LogP contribution is -2.46. The highest BCUT2D eigenvalue weighted by atomic mass is 35.5. The molecule has 0 aromatic heterocycles. The summed E-state index contributed by atoms with van der Waals surface area (Å²) >= 11 is 6.08. The molecule has 0 amide bonds. The Bertz CT molecular complexity index is 459. The Kier molecular flexibility index (Phi) is 6.96. The molecule has 1 aliphatic rings. The van der Waals surface area contributed by atoms with Crippen LogP contribution in [0.15, 0.2) is 18.2 Å². The summed E-state index contributed by atoms with van der Waals surface area (Å²) in [5.74, 6) is 0.723. The number of hydrogen-bond donors (Lipinski definition) is 0. The molecule has 2 atom stereocenters. The fourth-order valence-corrected chi connectivity index (χ4v) is 2.87. The molecule has 0 bridgehead atoms. The van der Waals surface area contributed by atoms with E-state index < -0.39 is 0 Å². The summed E-state index contributed by atoms with van der Waals surface area (Å²) < 4.78 is 17.0. The van der Waals surface area contributed by atoms with Crippen molar-refractivity contribution in [2.75, 3.05) is 39.5 Å². The van der Waals surface area contributed by atoms with E-state index in [2.05, 4.69) is 18.7 Å². The first-order valence-corrected chi connectivity index (χ1v) is 8.27. The van der Waals surface area contributed by atoms with Gasteiger partial charge in [-0.25, -0.2) is 0 Å². The highest BCUT2D eigenvalue weighted by molar-refractivity contribution is 6.32. The predicted octanol–water partition coefficient (Wildman–Crippen LogP) is 3.15. The van der Waals surface area contributed by atoms with Gasteiger partial charge in [0.25, 0.3) is 0 Å². The largest absolute Gasteiger partial charge is 0.490 e. The Morgan fingerprint density at radius 2 is 1.91 bits per heavy atom. The van der Waals surface area contributed by atoms with Crippen LogP contribution in [-0.4, -0.2) is 56.6 Å². The zero-order valence-corrected chi connectivity index (χ0v) is 14.4. The molecule has 4 nitrogen and oxygen atoms in total. The van der Waals surface area contributed by atoms with Crippen molar-refractivity contribution >= 4 is 11.6 Å². The summed E-state index contributed by atoms with van der Waals surface area (Å²) in [5, 5.41) is 0.641. The third-order valence-electron chi connectivity index (χ3n) is 3.62. The molecule has 1 aliphatic heterocycles. The van der Waals surface area contributed by atoms with Crippen molar-refractivity contribution in [2.24, 2.45) is 0 Å². The molecule has 0 N–H and O–H groups in total. The van der Waals surface area contributed by atoms with Crippen LogP contribution in [0.2, 0.25) is 5.02 Å². The molecule has 0 saturated carbocycles. The van der Waals surface area contributed by atoms with Crippen molar-refractivity contribution in [1.29, 1.82) is 0 Å². The number of hydrogen-bond acceptors (Lipinski definition) is 4. The lowest BCUT2D eigenvalue weighted by Gasteiger charge is -2.35. The Morgan fingerprint density at radius 1 is 1.18 bits per heavy atom. The molecule has 1 fully saturated rings. The number of aryl methyl sites for hydroxylation is 1. The van der Waals surface area contributed by atoms with E-state index in [0.29, 0.717) is 37.1 Å². The Balaban J connectivity index is 1.58. The number of morpholine rings is 1. The molecule has 124 valence electrons. The zero-order chi connectivity index (χ0) is 15.9. The van der Waals surface area contributed by atoms with Gasteiger partial charge in [-0.05, 0) is 38.5 Å². The second kappa shape index (κ2) is 8.73. The second-order valence-electron chi connectivity index (χ2n) is 5.91. The van der Waals surface area contributed by atoms with Gasteiger partial charge in [-0.3, -0.25) is 4.90 Å². The number of halogens is 1. The minimum absolute atomic E-state index is 0.301. The number of rotatable bonds is 7. The molecule has 0 unspecified atom stereocenters. The van der Waals surface area contributed by atoms with Gasteiger partial charge in [0.2, 0.25) is 0 Å². The second-order valence-corrected chi connectivity index (χ2v) is 6.32. The Morgan fingerprint density at radius 3 is 2.64 bits per heavy atom. The van der Waals surface area contributed by atoms with Gasteiger partial charge in [0.05, 0.1) is 30.4 Å². The van der Waals surface area contributed by atoms with Gasteiger partial charge in [-0.15, -0.1) is 0 Å². The molecule has 2 rings (SSSR count). The van der Waals surface area contributed by atoms with E-state index in [4.69, 9.17) is 25.8 Å². The van der Waals surface area contributed by atoms with Crippen molar-refractivity contribution < 1.29 is 14.2 Å². The van der Waals surface area contributed by atoms with Crippen LogP contribution in [0.4, 0.5) is 0 Å². The van der Waals surface area contributed by atoms with Crippen LogP contribution in [0.5, 0.6) is 5.75 Å². The molecular weight excluding hydrogens is 302 g/mol. The molecule has 0 radical (unpaired) electrons. The van der Waals surface area contributed by atoms with E-state index >= 15 is 0 Å². The lowest BCUT2D eigenvalue weighted by atomic mass is 10.2. The molecule has 1 heterocycles. The van der Waals surface area contributed by atoms with Gasteiger partial charge < -0.3 is 14.2 Å². The van der Waals surface area contributed by atoms with E-state index in [9.17, 15) is 0 Å². The van der Waals surface area contributed by atoms with Gasteiger partial charge in [-0.1, -0.05) is 17.7 Å². The van der Waals surface area contributed by atoms with Crippen LogP contribution >= 0.6 is 11.6 Å². The standard InChI is InChI=1S/C17H26ClNO3/c1-13-4-5-16(18)17(10-13)21-9-8-20-7-6-19-11-14(2)22-15(3)12-19/h4-5,10,14-15H,6-9,11-12H2,1-3H3/t14-,15+. The van der Waals surface area contributed by atoms with Gasteiger partial charge in [0, 0.05) is 19.6 Å². The van der Waals surface area contributed by atoms with Gasteiger partial charge in [-0.2, -0.15) is 0 Å². The fourth-order valence-electron chi connectivity index (χ4n) is 2.69. The summed E-state index contributed by atoms with van der Waals surface area (Å²) in [7, 11) is 0. The van der Waals surface area contributed by atoms with Crippen LogP contribution in [0.3, 0.4) is 0 Å². The van der Waals surface area contributed by atoms with Gasteiger partial charge in [0.1, 0.15) is 12.4 Å². The van der Waals surface area contributed by atoms with E-state index in [1.165, 1.54) is 0 Å². The van der Waals surface area contributed by atoms with Crippen molar-refractivity contribution in [1.82, 2.24) is 4.90 Å². The molecule has 1 aromatic carbocycles. The van der Waals surface area contributed by atoms with Gasteiger partial charge >= 0.3 is 0 Å². The SMILES string of the molecule is Cc1ccc(Cl)c(OCCOCCN2C[C@@H](C)O[C@@H](C)C2)c1. The highest BCUT2D eigenvalue weighted by Gasteiger charge is 2.21. The quantitative estimate of drug-likeness (QED) is 0.720. The topological polar surface area (TPSA) is 30.9 Å². The highest BCUT2D eigenvalue weighted by Crippen LogP contribution is 2.25. The summed E-state index contributed by atoms with van der Waals surface area (Å²) in [6, 6.07) is 5.77. The predicted molar refractivity (Wildman–Crippen MR) is 89.0 cm³/mol. The van der Waals surface area contributed by atoms with Crippen molar-refractivity contribution in [3.63, 3.8) is 0 Å². The first-order chi connectivity index (χ1) is 10.5. The van der Waals surface area contributed by atoms with E-state index in [0.717, 1.165) is 30.9 Å². The summed E-state index contributed by atoms with van der Waals surface area (Å²) in [4.78, 5) is 2.39. The smallest absolute Gasteiger partial charge is 0.138 e. The van der Waals surface area contributed by atoms with E-state index in [1.807, 2.05) is 25.1 Å². The van der Waals surface area contributed by atoms with E-state index in [-0.39, 0.29) is 0 Å². The molecule has 22 heavy (non-hydrogen) atoms. The summed E-state index contributed by atoms with van der Waals surface area (Å²) in [6.45, 7) is 10.9. The Labute approximate surface area is 138 Å². The van der Waals surface area contributed by atoms with Crippen LogP contribution in [0.25, 0.3) is 0 Å². The zero-order valence-electron chi connectivity index (χ0n) is 13.7. The average molecular weight is 328 g/mol. The maximum atomic E-state index is 6.08. The number of ether oxygens (including phenoxy) is 3. The first kappa shape index (κ1) is 17.5. The van der Waals surface area contributed by atoms with Crippen molar-refractivity contribution in [2.45, 2.75) is 33.0 Å². The molecular formula is C17H26ClNO3. The monoisotopic (exact) mass is 327 g/mol. The molecule has 0 spiro atoms. The van der Waals surface area contributed by atoms with Crippen LogP contribution in [0, 0.1) is 6.92 Å². The average Bonchev–Trinajstić information content (AvgIpc) is 2.45. The third kappa shape index (κ3) is 5.76. The summed E-state index contributed by atoms with van der Waals surface area (Å²) in [6.07, 6.45) is 0.603. The van der Waals surface area contributed by atoms with Crippen LogP contribution in [-0.2, 0) is 9.47 Å². The maximum absolute atomic E-state index is 6.08. The van der Waals surface area contributed by atoms with Crippen molar-refractivity contribution in [3.8, 4) is 5.75 Å². The minimum Gasteiger partial charge on any atom is -0.490 e. The van der Waals surface area contributed by atoms with Crippen molar-refractivity contribution in [3.05, 3.63) is 28.8 Å². The lowest BCUT2D eigenvalue weighted by molar-refractivity contribution is -0.0734. The minimum atomic E-state index is 0.301. The Hall–Kier alpha value is -0.810.